The minimum atomic E-state index is -0.415. The summed E-state index contributed by atoms with van der Waals surface area (Å²) < 4.78 is 24.4. The first-order valence-electron chi connectivity index (χ1n) is 6.41. The molecule has 0 heterocycles. The van der Waals surface area contributed by atoms with E-state index in [0.717, 1.165) is 5.56 Å². The summed E-state index contributed by atoms with van der Waals surface area (Å²) in [6.07, 6.45) is 0. The fourth-order valence-corrected chi connectivity index (χ4v) is 1.94. The maximum atomic E-state index is 13.7. The summed E-state index contributed by atoms with van der Waals surface area (Å²) in [5.41, 5.74) is 7.65. The van der Waals surface area contributed by atoms with Gasteiger partial charge in [-0.1, -0.05) is 6.07 Å². The van der Waals surface area contributed by atoms with E-state index in [0.29, 0.717) is 16.9 Å². The molecule has 0 aliphatic rings. The van der Waals surface area contributed by atoms with Gasteiger partial charge in [0.1, 0.15) is 18.2 Å². The molecule has 0 bridgehead atoms. The number of hydrogen-bond acceptors (Lipinski definition) is 3. The van der Waals surface area contributed by atoms with Crippen LogP contribution in [0.4, 0.5) is 4.39 Å². The Labute approximate surface area is 122 Å². The Morgan fingerprint density at radius 1 is 1.19 bits per heavy atom. The molecule has 110 valence electrons. The molecule has 0 aromatic heterocycles. The summed E-state index contributed by atoms with van der Waals surface area (Å²) in [7, 11) is 1.54. The molecule has 0 saturated carbocycles. The van der Waals surface area contributed by atoms with Crippen LogP contribution in [-0.4, -0.2) is 12.9 Å². The van der Waals surface area contributed by atoms with E-state index >= 15 is 0 Å². The van der Waals surface area contributed by atoms with Gasteiger partial charge in [0.05, 0.1) is 7.11 Å². The second-order valence-corrected chi connectivity index (χ2v) is 4.66. The van der Waals surface area contributed by atoms with Gasteiger partial charge in [0.15, 0.2) is 11.6 Å². The van der Waals surface area contributed by atoms with Gasteiger partial charge in [-0.15, -0.1) is 0 Å². The van der Waals surface area contributed by atoms with Crippen molar-refractivity contribution in [2.24, 2.45) is 5.73 Å². The highest BCUT2D eigenvalue weighted by Crippen LogP contribution is 2.24. The minimum absolute atomic E-state index is 0.0411. The number of benzene rings is 2. The van der Waals surface area contributed by atoms with Crippen molar-refractivity contribution >= 4 is 5.84 Å². The van der Waals surface area contributed by atoms with E-state index in [9.17, 15) is 4.39 Å². The molecule has 4 nitrogen and oxygen atoms in total. The predicted octanol–water partition coefficient (Wildman–Crippen LogP) is 3.01. The first kappa shape index (κ1) is 14.8. The first-order chi connectivity index (χ1) is 10.0. The van der Waals surface area contributed by atoms with Crippen LogP contribution in [0.5, 0.6) is 11.5 Å². The van der Waals surface area contributed by atoms with Crippen LogP contribution in [-0.2, 0) is 6.61 Å². The number of rotatable bonds is 5. The van der Waals surface area contributed by atoms with Crippen molar-refractivity contribution in [3.63, 3.8) is 0 Å². The predicted molar refractivity (Wildman–Crippen MR) is 79.5 cm³/mol. The van der Waals surface area contributed by atoms with E-state index in [1.165, 1.54) is 6.07 Å². The molecule has 0 aliphatic carbocycles. The van der Waals surface area contributed by atoms with Gasteiger partial charge in [0, 0.05) is 11.1 Å². The zero-order chi connectivity index (χ0) is 15.4. The fourth-order valence-electron chi connectivity index (χ4n) is 1.94. The zero-order valence-electron chi connectivity index (χ0n) is 11.9. The van der Waals surface area contributed by atoms with Crippen molar-refractivity contribution in [3.05, 3.63) is 58.9 Å². The molecular weight excluding hydrogens is 271 g/mol. The summed E-state index contributed by atoms with van der Waals surface area (Å²) in [5, 5.41) is 7.45. The van der Waals surface area contributed by atoms with Gasteiger partial charge < -0.3 is 15.2 Å². The van der Waals surface area contributed by atoms with E-state index in [1.54, 1.807) is 37.4 Å². The number of amidine groups is 1. The summed E-state index contributed by atoms with van der Waals surface area (Å²) in [5.74, 6) is 0.335. The monoisotopic (exact) mass is 288 g/mol. The topological polar surface area (TPSA) is 68.3 Å². The van der Waals surface area contributed by atoms with Crippen molar-refractivity contribution in [1.29, 1.82) is 5.41 Å². The van der Waals surface area contributed by atoms with Gasteiger partial charge >= 0.3 is 0 Å². The van der Waals surface area contributed by atoms with Crippen LogP contribution in [0.2, 0.25) is 0 Å². The highest BCUT2D eigenvalue weighted by atomic mass is 19.1. The van der Waals surface area contributed by atoms with Crippen molar-refractivity contribution in [3.8, 4) is 11.5 Å². The maximum Gasteiger partial charge on any atom is 0.165 e. The van der Waals surface area contributed by atoms with Crippen molar-refractivity contribution in [2.75, 3.05) is 7.11 Å². The highest BCUT2D eigenvalue weighted by Gasteiger charge is 2.09. The SMILES string of the molecule is COc1ccc(C(=N)N)cc1COc1cc(C)ccc1F. The number of nitrogens with two attached hydrogens (primary N) is 1. The molecule has 2 rings (SSSR count). The van der Waals surface area contributed by atoms with E-state index in [2.05, 4.69) is 0 Å². The number of hydrogen-bond donors (Lipinski definition) is 2. The normalized spacial score (nSPS) is 10.2. The second kappa shape index (κ2) is 6.26. The molecule has 0 amide bonds. The molecule has 21 heavy (non-hydrogen) atoms. The van der Waals surface area contributed by atoms with Gasteiger partial charge in [-0.3, -0.25) is 5.41 Å². The molecule has 0 unspecified atom stereocenters. The van der Waals surface area contributed by atoms with Crippen LogP contribution in [0.15, 0.2) is 36.4 Å². The number of nitrogen functional groups attached to an aromatic ring is 1. The summed E-state index contributed by atoms with van der Waals surface area (Å²) >= 11 is 0. The van der Waals surface area contributed by atoms with E-state index in [-0.39, 0.29) is 18.2 Å². The molecule has 5 heteroatoms. The number of ether oxygens (including phenoxy) is 2. The molecule has 0 fully saturated rings. The molecule has 0 atom stereocenters. The molecule has 0 radical (unpaired) electrons. The van der Waals surface area contributed by atoms with Crippen molar-refractivity contribution in [1.82, 2.24) is 0 Å². The van der Waals surface area contributed by atoms with Crippen LogP contribution in [0.25, 0.3) is 0 Å². The smallest absolute Gasteiger partial charge is 0.165 e. The van der Waals surface area contributed by atoms with Crippen LogP contribution < -0.4 is 15.2 Å². The quantitative estimate of drug-likeness (QED) is 0.656. The molecule has 0 aliphatic heterocycles. The third-order valence-electron chi connectivity index (χ3n) is 3.06. The lowest BCUT2D eigenvalue weighted by molar-refractivity contribution is 0.282. The molecule has 2 aromatic carbocycles. The lowest BCUT2D eigenvalue weighted by Crippen LogP contribution is -2.12. The second-order valence-electron chi connectivity index (χ2n) is 4.66. The highest BCUT2D eigenvalue weighted by molar-refractivity contribution is 5.95. The van der Waals surface area contributed by atoms with Gasteiger partial charge in [-0.05, 0) is 42.8 Å². The van der Waals surface area contributed by atoms with Gasteiger partial charge in [-0.2, -0.15) is 0 Å². The van der Waals surface area contributed by atoms with Gasteiger partial charge in [0.2, 0.25) is 0 Å². The molecule has 3 N–H and O–H groups in total. The third-order valence-corrected chi connectivity index (χ3v) is 3.06. The molecular formula is C16H17FN2O2. The van der Waals surface area contributed by atoms with Gasteiger partial charge in [-0.25, -0.2) is 4.39 Å². The van der Waals surface area contributed by atoms with E-state index in [1.807, 2.05) is 6.92 Å². The van der Waals surface area contributed by atoms with Crippen molar-refractivity contribution in [2.45, 2.75) is 13.5 Å². The van der Waals surface area contributed by atoms with Gasteiger partial charge in [0.25, 0.3) is 0 Å². The Bertz CT molecular complexity index is 671. The number of nitrogens with one attached hydrogen (secondary N) is 1. The summed E-state index contributed by atoms with van der Waals surface area (Å²) in [4.78, 5) is 0. The lowest BCUT2D eigenvalue weighted by atomic mass is 10.1. The zero-order valence-corrected chi connectivity index (χ0v) is 11.9. The van der Waals surface area contributed by atoms with Crippen LogP contribution in [0.1, 0.15) is 16.7 Å². The van der Waals surface area contributed by atoms with E-state index < -0.39 is 5.82 Å². The number of methoxy groups -OCH3 is 1. The Balaban J connectivity index is 2.24. The Kier molecular flexibility index (Phi) is 4.42. The Morgan fingerprint density at radius 2 is 1.95 bits per heavy atom. The average Bonchev–Trinajstić information content (AvgIpc) is 2.47. The Morgan fingerprint density at radius 3 is 2.62 bits per heavy atom. The Hall–Kier alpha value is -2.56. The maximum absolute atomic E-state index is 13.7. The largest absolute Gasteiger partial charge is 0.496 e. The first-order valence-corrected chi connectivity index (χ1v) is 6.41. The molecule has 0 spiro atoms. The van der Waals surface area contributed by atoms with Crippen LogP contribution in [0, 0.1) is 18.2 Å². The standard InChI is InChI=1S/C16H17FN2O2/c1-10-3-5-13(17)15(7-10)21-9-12-8-11(16(18)19)4-6-14(12)20-2/h3-8H,9H2,1-2H3,(H3,18,19). The summed E-state index contributed by atoms with van der Waals surface area (Å²) in [6.45, 7) is 1.99. The van der Waals surface area contributed by atoms with Crippen molar-refractivity contribution < 1.29 is 13.9 Å². The van der Waals surface area contributed by atoms with Crippen LogP contribution >= 0.6 is 0 Å². The fraction of sp³-hybridized carbons (Fsp3) is 0.188. The minimum Gasteiger partial charge on any atom is -0.496 e. The lowest BCUT2D eigenvalue weighted by Gasteiger charge is -2.12. The average molecular weight is 288 g/mol. The molecule has 0 saturated heterocycles. The van der Waals surface area contributed by atoms with E-state index in [4.69, 9.17) is 20.6 Å². The summed E-state index contributed by atoms with van der Waals surface area (Å²) in [6, 6.07) is 9.79. The van der Waals surface area contributed by atoms with Crippen LogP contribution in [0.3, 0.4) is 0 Å². The number of halogens is 1. The third kappa shape index (κ3) is 3.51. The number of aryl methyl sites for hydroxylation is 1. The molecule has 2 aromatic rings.